The molecule has 1 aliphatic rings. The summed E-state index contributed by atoms with van der Waals surface area (Å²) >= 11 is 0. The van der Waals surface area contributed by atoms with Crippen molar-refractivity contribution in [2.24, 2.45) is 0 Å². The zero-order valence-corrected chi connectivity index (χ0v) is 18.1. The molecule has 0 fully saturated rings. The third-order valence-electron chi connectivity index (χ3n) is 5.13. The van der Waals surface area contributed by atoms with Gasteiger partial charge < -0.3 is 9.64 Å². The van der Waals surface area contributed by atoms with Crippen molar-refractivity contribution >= 4 is 27.3 Å². The van der Waals surface area contributed by atoms with Gasteiger partial charge in [0.1, 0.15) is 6.61 Å². The summed E-state index contributed by atoms with van der Waals surface area (Å²) in [5.41, 5.74) is 5.20. The molecule has 1 amide bonds. The second kappa shape index (κ2) is 8.91. The van der Waals surface area contributed by atoms with Gasteiger partial charge in [0.2, 0.25) is 10.0 Å². The van der Waals surface area contributed by atoms with E-state index < -0.39 is 10.0 Å². The van der Waals surface area contributed by atoms with Crippen molar-refractivity contribution in [1.29, 1.82) is 0 Å². The molecule has 0 atom stereocenters. The number of sulfonamides is 1. The molecule has 0 bridgehead atoms. The molecule has 0 unspecified atom stereocenters. The number of carbonyl (C=O) groups excluding carboxylic acids is 1. The van der Waals surface area contributed by atoms with Crippen LogP contribution in [0.5, 0.6) is 0 Å². The Morgan fingerprint density at radius 3 is 2.48 bits per heavy atom. The topological polar surface area (TPSA) is 75.7 Å². The number of ether oxygens (including phenoxy) is 1. The minimum Gasteiger partial charge on any atom is -0.367 e. The number of fused-ring (bicyclic) bond motifs is 1. The van der Waals surface area contributed by atoms with E-state index in [1.165, 1.54) is 0 Å². The van der Waals surface area contributed by atoms with Crippen LogP contribution in [0.4, 0.5) is 11.4 Å². The van der Waals surface area contributed by atoms with Gasteiger partial charge in [-0.05, 0) is 41.3 Å². The summed E-state index contributed by atoms with van der Waals surface area (Å²) in [6.07, 6.45) is 1.86. The van der Waals surface area contributed by atoms with E-state index in [9.17, 15) is 13.2 Å². The van der Waals surface area contributed by atoms with E-state index in [4.69, 9.17) is 4.74 Å². The second-order valence-electron chi connectivity index (χ2n) is 7.57. The monoisotopic (exact) mass is 436 g/mol. The molecule has 3 aromatic carbocycles. The number of carbonyl (C=O) groups is 1. The maximum atomic E-state index is 12.8. The van der Waals surface area contributed by atoms with Crippen molar-refractivity contribution in [3.05, 3.63) is 83.9 Å². The van der Waals surface area contributed by atoms with Gasteiger partial charge in [0.25, 0.3) is 5.91 Å². The van der Waals surface area contributed by atoms with Crippen LogP contribution in [0.1, 0.15) is 11.1 Å². The molecule has 1 N–H and O–H groups in total. The average Bonchev–Trinajstić information content (AvgIpc) is 2.89. The van der Waals surface area contributed by atoms with Gasteiger partial charge in [-0.2, -0.15) is 0 Å². The predicted molar refractivity (Wildman–Crippen MR) is 122 cm³/mol. The molecule has 1 heterocycles. The molecule has 160 valence electrons. The maximum Gasteiger partial charge on any atom is 0.253 e. The Hall–Kier alpha value is -3.16. The normalized spacial score (nSPS) is 14.1. The molecule has 0 spiro atoms. The van der Waals surface area contributed by atoms with Crippen molar-refractivity contribution in [3.8, 4) is 11.1 Å². The predicted octanol–water partition coefficient (Wildman–Crippen LogP) is 3.83. The highest BCUT2D eigenvalue weighted by atomic mass is 32.2. The van der Waals surface area contributed by atoms with E-state index in [1.807, 2.05) is 42.5 Å². The van der Waals surface area contributed by atoms with Crippen molar-refractivity contribution in [3.63, 3.8) is 0 Å². The van der Waals surface area contributed by atoms with Crippen molar-refractivity contribution in [2.45, 2.75) is 13.0 Å². The van der Waals surface area contributed by atoms with Crippen molar-refractivity contribution in [2.75, 3.05) is 29.0 Å². The van der Waals surface area contributed by atoms with Crippen molar-refractivity contribution in [1.82, 2.24) is 0 Å². The first-order valence-corrected chi connectivity index (χ1v) is 11.9. The van der Waals surface area contributed by atoms with Crippen LogP contribution in [0, 0.1) is 0 Å². The van der Waals surface area contributed by atoms with Gasteiger partial charge in [0.15, 0.2) is 0 Å². The summed E-state index contributed by atoms with van der Waals surface area (Å²) in [4.78, 5) is 14.6. The number of hydrogen-bond acceptors (Lipinski definition) is 4. The Kier molecular flexibility index (Phi) is 6.06. The number of nitrogens with zero attached hydrogens (tertiary/aromatic N) is 1. The fourth-order valence-electron chi connectivity index (χ4n) is 3.68. The molecule has 0 saturated heterocycles. The van der Waals surface area contributed by atoms with E-state index in [0.717, 1.165) is 40.6 Å². The number of nitrogens with one attached hydrogen (secondary N) is 1. The SMILES string of the molecule is CS(=O)(=O)Nc1cccc(-c2ccc3c(c2)N(CCc2ccccc2)C(=O)COC3)c1. The van der Waals surface area contributed by atoms with Crippen molar-refractivity contribution < 1.29 is 17.9 Å². The molecule has 31 heavy (non-hydrogen) atoms. The quantitative estimate of drug-likeness (QED) is 0.637. The molecule has 0 aromatic heterocycles. The average molecular weight is 437 g/mol. The summed E-state index contributed by atoms with van der Waals surface area (Å²) in [6.45, 7) is 0.976. The van der Waals surface area contributed by atoms with E-state index in [-0.39, 0.29) is 12.5 Å². The zero-order valence-electron chi connectivity index (χ0n) is 17.2. The van der Waals surface area contributed by atoms with Gasteiger partial charge in [0, 0.05) is 23.5 Å². The highest BCUT2D eigenvalue weighted by molar-refractivity contribution is 7.92. The van der Waals surface area contributed by atoms with Crippen LogP contribution in [0.3, 0.4) is 0 Å². The standard InChI is InChI=1S/C24H24N2O4S/c1-31(28,29)25-22-9-5-8-19(14-22)20-10-11-21-16-30-17-24(27)26(23(21)15-20)13-12-18-6-3-2-4-7-18/h2-11,14-15,25H,12-13,16-17H2,1H3. The van der Waals surface area contributed by atoms with Crippen LogP contribution in [-0.2, 0) is 32.6 Å². The lowest BCUT2D eigenvalue weighted by Crippen LogP contribution is -2.34. The van der Waals surface area contributed by atoms with Gasteiger partial charge >= 0.3 is 0 Å². The number of rotatable bonds is 6. The number of amides is 1. The Labute approximate surface area is 182 Å². The first kappa shape index (κ1) is 21.1. The molecule has 7 heteroatoms. The molecule has 0 radical (unpaired) electrons. The van der Waals surface area contributed by atoms with Gasteiger partial charge in [0.05, 0.1) is 12.9 Å². The third kappa shape index (κ3) is 5.31. The fourth-order valence-corrected chi connectivity index (χ4v) is 4.24. The summed E-state index contributed by atoms with van der Waals surface area (Å²) in [5.74, 6) is -0.0701. The lowest BCUT2D eigenvalue weighted by Gasteiger charge is -2.23. The molecule has 6 nitrogen and oxygen atoms in total. The molecule has 3 aromatic rings. The molecule has 0 aliphatic carbocycles. The van der Waals surface area contributed by atoms with E-state index in [2.05, 4.69) is 16.9 Å². The van der Waals surface area contributed by atoms with E-state index in [1.54, 1.807) is 23.1 Å². The minimum absolute atomic E-state index is 0.0482. The van der Waals surface area contributed by atoms with Crippen LogP contribution in [0.2, 0.25) is 0 Å². The molecular formula is C24H24N2O4S. The van der Waals surface area contributed by atoms with E-state index >= 15 is 0 Å². The first-order chi connectivity index (χ1) is 14.9. The van der Waals surface area contributed by atoms with E-state index in [0.29, 0.717) is 18.8 Å². The maximum absolute atomic E-state index is 12.8. The third-order valence-corrected chi connectivity index (χ3v) is 5.73. The lowest BCUT2D eigenvalue weighted by atomic mass is 10.0. The highest BCUT2D eigenvalue weighted by Crippen LogP contribution is 2.32. The number of anilines is 2. The minimum atomic E-state index is -3.36. The summed E-state index contributed by atoms with van der Waals surface area (Å²) in [7, 11) is -3.36. The molecular weight excluding hydrogens is 412 g/mol. The Bertz CT molecular complexity index is 1190. The Morgan fingerprint density at radius 2 is 1.71 bits per heavy atom. The van der Waals surface area contributed by atoms with Crippen LogP contribution in [0.25, 0.3) is 11.1 Å². The second-order valence-corrected chi connectivity index (χ2v) is 9.32. The summed E-state index contributed by atoms with van der Waals surface area (Å²) in [6, 6.07) is 23.2. The molecule has 1 aliphatic heterocycles. The number of benzene rings is 3. The number of hydrogen-bond donors (Lipinski definition) is 1. The summed E-state index contributed by atoms with van der Waals surface area (Å²) < 4.78 is 31.2. The van der Waals surface area contributed by atoms with Gasteiger partial charge in [-0.3, -0.25) is 9.52 Å². The Balaban J connectivity index is 1.66. The fraction of sp³-hybridized carbons (Fsp3) is 0.208. The van der Waals surface area contributed by atoms with Gasteiger partial charge in [-0.1, -0.05) is 54.6 Å². The molecule has 0 saturated carbocycles. The van der Waals surface area contributed by atoms with Crippen LogP contribution in [-0.4, -0.2) is 33.7 Å². The molecule has 4 rings (SSSR count). The smallest absolute Gasteiger partial charge is 0.253 e. The van der Waals surface area contributed by atoms with Crippen LogP contribution >= 0.6 is 0 Å². The lowest BCUT2D eigenvalue weighted by molar-refractivity contribution is -0.123. The zero-order chi connectivity index (χ0) is 21.8. The largest absolute Gasteiger partial charge is 0.367 e. The van der Waals surface area contributed by atoms with Gasteiger partial charge in [-0.25, -0.2) is 8.42 Å². The van der Waals surface area contributed by atoms with Crippen LogP contribution in [0.15, 0.2) is 72.8 Å². The highest BCUT2D eigenvalue weighted by Gasteiger charge is 2.23. The Morgan fingerprint density at radius 1 is 0.935 bits per heavy atom. The first-order valence-electron chi connectivity index (χ1n) is 10.0. The summed E-state index contributed by atoms with van der Waals surface area (Å²) in [5, 5.41) is 0. The van der Waals surface area contributed by atoms with Gasteiger partial charge in [-0.15, -0.1) is 0 Å². The van der Waals surface area contributed by atoms with Crippen LogP contribution < -0.4 is 9.62 Å².